The van der Waals surface area contributed by atoms with Gasteiger partial charge in [-0.15, -0.1) is 0 Å². The third kappa shape index (κ3) is 2.08. The molecule has 0 aromatic heterocycles. The van der Waals surface area contributed by atoms with Gasteiger partial charge in [0.2, 0.25) is 0 Å². The van der Waals surface area contributed by atoms with E-state index in [9.17, 15) is 4.79 Å². The lowest BCUT2D eigenvalue weighted by Crippen LogP contribution is -2.45. The van der Waals surface area contributed by atoms with Crippen molar-refractivity contribution in [1.82, 2.24) is 4.90 Å². The number of nitrogens with zero attached hydrogens (tertiary/aromatic N) is 1. The van der Waals surface area contributed by atoms with Gasteiger partial charge in [0.1, 0.15) is 0 Å². The molecule has 0 heterocycles. The molecule has 0 aromatic carbocycles. The lowest BCUT2D eigenvalue weighted by Gasteiger charge is -2.31. The molecule has 0 rings (SSSR count). The molecule has 0 aromatic rings. The highest BCUT2D eigenvalue weighted by Crippen LogP contribution is 2.25. The summed E-state index contributed by atoms with van der Waals surface area (Å²) in [5.74, 6) is -0.100. The van der Waals surface area contributed by atoms with Crippen molar-refractivity contribution in [2.24, 2.45) is 0 Å². The summed E-state index contributed by atoms with van der Waals surface area (Å²) in [7, 11) is 3.58. The Morgan fingerprint density at radius 2 is 2.00 bits per heavy atom. The Hall–Kier alpha value is -0.340. The second kappa shape index (κ2) is 4.06. The lowest BCUT2D eigenvalue weighted by atomic mass is 10.0. The lowest BCUT2D eigenvalue weighted by molar-refractivity contribution is -0.121. The van der Waals surface area contributed by atoms with Gasteiger partial charge >= 0.3 is 0 Å². The van der Waals surface area contributed by atoms with Crippen LogP contribution in [0.25, 0.3) is 0 Å². The van der Waals surface area contributed by atoms with Gasteiger partial charge in [-0.25, -0.2) is 0 Å². The first-order valence-corrected chi connectivity index (χ1v) is 4.30. The van der Waals surface area contributed by atoms with E-state index in [1.54, 1.807) is 25.9 Å². The molecule has 0 saturated heterocycles. The maximum atomic E-state index is 11.6. The molecule has 1 unspecified atom stereocenters. The first-order chi connectivity index (χ1) is 5.36. The highest BCUT2D eigenvalue weighted by molar-refractivity contribution is 6.37. The van der Waals surface area contributed by atoms with Gasteiger partial charge in [0, 0.05) is 0 Å². The molecule has 0 saturated carbocycles. The molecule has 2 nitrogen and oxygen atoms in total. The van der Waals surface area contributed by atoms with Crippen molar-refractivity contribution < 1.29 is 4.79 Å². The molecule has 12 heavy (non-hydrogen) atoms. The van der Waals surface area contributed by atoms with E-state index in [-0.39, 0.29) is 5.78 Å². The maximum absolute atomic E-state index is 11.6. The Labute approximate surface area is 79.2 Å². The minimum Gasteiger partial charge on any atom is -0.291 e. The molecule has 1 atom stereocenters. The van der Waals surface area contributed by atoms with Crippen LogP contribution in [0, 0.1) is 0 Å². The molecule has 0 aliphatic heterocycles. The molecule has 0 N–H and O–H groups in total. The molecule has 0 amide bonds. The van der Waals surface area contributed by atoms with Crippen LogP contribution in [0.4, 0.5) is 0 Å². The van der Waals surface area contributed by atoms with Crippen LogP contribution in [0.3, 0.4) is 0 Å². The van der Waals surface area contributed by atoms with Crippen LogP contribution in [0.15, 0.2) is 12.2 Å². The SMILES string of the molecule is C=C(C)C(=O)C(Cl)(CC)N(C)C. The van der Waals surface area contributed by atoms with E-state index in [1.165, 1.54) is 0 Å². The van der Waals surface area contributed by atoms with Crippen molar-refractivity contribution in [3.05, 3.63) is 12.2 Å². The number of hydrogen-bond donors (Lipinski definition) is 0. The number of ketones is 1. The number of likely N-dealkylation sites (N-methyl/N-ethyl adjacent to an activating group) is 1. The van der Waals surface area contributed by atoms with Crippen LogP contribution in [0.1, 0.15) is 20.3 Å². The highest BCUT2D eigenvalue weighted by Gasteiger charge is 2.36. The van der Waals surface area contributed by atoms with Gasteiger partial charge in [-0.2, -0.15) is 0 Å². The van der Waals surface area contributed by atoms with Crippen LogP contribution in [-0.2, 0) is 4.79 Å². The van der Waals surface area contributed by atoms with E-state index in [0.717, 1.165) is 0 Å². The summed E-state index contributed by atoms with van der Waals surface area (Å²) in [4.78, 5) is 12.4. The smallest absolute Gasteiger partial charge is 0.193 e. The van der Waals surface area contributed by atoms with Crippen molar-refractivity contribution in [2.75, 3.05) is 14.1 Å². The quantitative estimate of drug-likeness (QED) is 0.383. The first kappa shape index (κ1) is 11.7. The van der Waals surface area contributed by atoms with Crippen LogP contribution in [0.2, 0.25) is 0 Å². The summed E-state index contributed by atoms with van der Waals surface area (Å²) >= 11 is 6.12. The summed E-state index contributed by atoms with van der Waals surface area (Å²) in [5, 5.41) is 0. The Kier molecular flexibility index (Phi) is 3.94. The third-order valence-electron chi connectivity index (χ3n) is 1.91. The van der Waals surface area contributed by atoms with E-state index in [1.807, 2.05) is 6.92 Å². The molecule has 0 aliphatic carbocycles. The number of Topliss-reactive ketones (excluding diaryl/α,β-unsaturated/α-hetero) is 1. The van der Waals surface area contributed by atoms with Gasteiger partial charge in [0.05, 0.1) is 0 Å². The second-order valence-corrected chi connectivity index (χ2v) is 3.74. The van der Waals surface area contributed by atoms with E-state index < -0.39 is 5.00 Å². The van der Waals surface area contributed by atoms with Gasteiger partial charge in [0.25, 0.3) is 0 Å². The van der Waals surface area contributed by atoms with Gasteiger partial charge in [-0.3, -0.25) is 9.69 Å². The summed E-state index contributed by atoms with van der Waals surface area (Å²) in [6.45, 7) is 7.15. The van der Waals surface area contributed by atoms with Gasteiger partial charge in [-0.1, -0.05) is 25.1 Å². The molecular weight excluding hydrogens is 174 g/mol. The molecule has 0 aliphatic rings. The van der Waals surface area contributed by atoms with E-state index in [0.29, 0.717) is 12.0 Å². The fourth-order valence-electron chi connectivity index (χ4n) is 1.01. The average Bonchev–Trinajstić information content (AvgIpc) is 2.01. The third-order valence-corrected chi connectivity index (χ3v) is 2.69. The summed E-state index contributed by atoms with van der Waals surface area (Å²) in [5.41, 5.74) is 0.501. The normalized spacial score (nSPS) is 15.8. The minimum atomic E-state index is -0.911. The minimum absolute atomic E-state index is 0.100. The molecule has 0 bridgehead atoms. The molecule has 0 fully saturated rings. The summed E-state index contributed by atoms with van der Waals surface area (Å²) in [6.07, 6.45) is 0.577. The number of hydrogen-bond acceptors (Lipinski definition) is 2. The summed E-state index contributed by atoms with van der Waals surface area (Å²) in [6, 6.07) is 0. The fraction of sp³-hybridized carbons (Fsp3) is 0.667. The Balaban J connectivity index is 4.76. The number of halogens is 1. The van der Waals surface area contributed by atoms with Gasteiger partial charge < -0.3 is 0 Å². The van der Waals surface area contributed by atoms with Crippen molar-refractivity contribution in [1.29, 1.82) is 0 Å². The maximum Gasteiger partial charge on any atom is 0.193 e. The Morgan fingerprint density at radius 1 is 1.58 bits per heavy atom. The standard InChI is InChI=1S/C9H16ClNO/c1-6-9(10,11(4)5)8(12)7(2)3/h2,6H2,1,3-5H3. The monoisotopic (exact) mass is 189 g/mol. The average molecular weight is 190 g/mol. The van der Waals surface area contributed by atoms with E-state index in [4.69, 9.17) is 11.6 Å². The second-order valence-electron chi connectivity index (χ2n) is 3.12. The Bertz CT molecular complexity index is 201. The molecule has 0 spiro atoms. The van der Waals surface area contributed by atoms with Crippen molar-refractivity contribution in [3.63, 3.8) is 0 Å². The summed E-state index contributed by atoms with van der Waals surface area (Å²) < 4.78 is 0. The predicted octanol–water partition coefficient (Wildman–Crippen LogP) is 2.04. The number of carbonyl (C=O) groups is 1. The first-order valence-electron chi connectivity index (χ1n) is 3.93. The van der Waals surface area contributed by atoms with Crippen molar-refractivity contribution >= 4 is 17.4 Å². The van der Waals surface area contributed by atoms with Crippen LogP contribution in [0.5, 0.6) is 0 Å². The zero-order valence-corrected chi connectivity index (χ0v) is 8.90. The number of alkyl halides is 1. The van der Waals surface area contributed by atoms with Gasteiger partial charge in [0.15, 0.2) is 10.8 Å². The van der Waals surface area contributed by atoms with Crippen molar-refractivity contribution in [2.45, 2.75) is 25.3 Å². The van der Waals surface area contributed by atoms with Crippen LogP contribution in [-0.4, -0.2) is 29.8 Å². The zero-order chi connectivity index (χ0) is 9.94. The van der Waals surface area contributed by atoms with E-state index >= 15 is 0 Å². The predicted molar refractivity (Wildman–Crippen MR) is 52.4 cm³/mol. The number of rotatable bonds is 4. The molecule has 0 radical (unpaired) electrons. The van der Waals surface area contributed by atoms with Crippen LogP contribution < -0.4 is 0 Å². The zero-order valence-electron chi connectivity index (χ0n) is 8.15. The topological polar surface area (TPSA) is 20.3 Å². The Morgan fingerprint density at radius 3 is 2.08 bits per heavy atom. The number of carbonyl (C=O) groups excluding carboxylic acids is 1. The molecular formula is C9H16ClNO. The highest BCUT2D eigenvalue weighted by atomic mass is 35.5. The largest absolute Gasteiger partial charge is 0.291 e. The van der Waals surface area contributed by atoms with Crippen LogP contribution >= 0.6 is 11.6 Å². The van der Waals surface area contributed by atoms with E-state index in [2.05, 4.69) is 6.58 Å². The molecule has 3 heteroatoms. The molecule has 70 valence electrons. The van der Waals surface area contributed by atoms with Gasteiger partial charge in [-0.05, 0) is 33.0 Å². The van der Waals surface area contributed by atoms with Crippen molar-refractivity contribution in [3.8, 4) is 0 Å². The fourth-order valence-corrected chi connectivity index (χ4v) is 1.17.